The summed E-state index contributed by atoms with van der Waals surface area (Å²) in [5, 5.41) is 18.0. The standard InChI is InChI=1S/C38H44N4O2/c1-3-8-27-10-5-12-29(20-27)22-35(43)25-33-16-18-37(41-39-33)31-14-7-15-32(24-31)38-19-17-34(40-42-38)26-36(44)23-30-13-6-11-28(21-30)9-4-2/h5-6,10-13,16-21,31-32H,3-4,7-9,14-15,22-26H2,1-2H3/t31-,32-/m0/s1. The van der Waals surface area contributed by atoms with E-state index in [0.29, 0.717) is 37.5 Å². The van der Waals surface area contributed by atoms with Gasteiger partial charge in [-0.25, -0.2) is 0 Å². The lowest BCUT2D eigenvalue weighted by Gasteiger charge is -2.28. The quantitative estimate of drug-likeness (QED) is 0.153. The molecule has 0 spiro atoms. The van der Waals surface area contributed by atoms with Crippen LogP contribution in [0.4, 0.5) is 0 Å². The maximum Gasteiger partial charge on any atom is 0.143 e. The molecule has 6 heteroatoms. The molecule has 4 aromatic rings. The summed E-state index contributed by atoms with van der Waals surface area (Å²) in [7, 11) is 0. The summed E-state index contributed by atoms with van der Waals surface area (Å²) in [6, 6.07) is 24.7. The lowest BCUT2D eigenvalue weighted by atomic mass is 9.78. The van der Waals surface area contributed by atoms with Crippen LogP contribution in [0.2, 0.25) is 0 Å². The summed E-state index contributed by atoms with van der Waals surface area (Å²) in [6.45, 7) is 4.33. The van der Waals surface area contributed by atoms with E-state index in [4.69, 9.17) is 0 Å². The van der Waals surface area contributed by atoms with E-state index in [0.717, 1.165) is 85.3 Å². The average Bonchev–Trinajstić information content (AvgIpc) is 3.02. The highest BCUT2D eigenvalue weighted by Gasteiger charge is 2.27. The molecule has 1 saturated carbocycles. The third kappa shape index (κ3) is 8.98. The zero-order valence-electron chi connectivity index (χ0n) is 26.2. The van der Waals surface area contributed by atoms with Crippen molar-refractivity contribution in [1.29, 1.82) is 0 Å². The van der Waals surface area contributed by atoms with Gasteiger partial charge in [0.2, 0.25) is 0 Å². The van der Waals surface area contributed by atoms with E-state index in [1.165, 1.54) is 11.1 Å². The first-order chi connectivity index (χ1) is 21.5. The van der Waals surface area contributed by atoms with Crippen LogP contribution < -0.4 is 0 Å². The number of hydrogen-bond donors (Lipinski definition) is 0. The van der Waals surface area contributed by atoms with Gasteiger partial charge >= 0.3 is 0 Å². The molecular formula is C38H44N4O2. The molecule has 5 rings (SSSR count). The molecule has 228 valence electrons. The van der Waals surface area contributed by atoms with E-state index in [1.807, 2.05) is 48.5 Å². The fourth-order valence-corrected chi connectivity index (χ4v) is 6.44. The molecule has 44 heavy (non-hydrogen) atoms. The molecule has 1 aliphatic carbocycles. The van der Waals surface area contributed by atoms with Gasteiger partial charge in [-0.15, -0.1) is 0 Å². The predicted molar refractivity (Wildman–Crippen MR) is 174 cm³/mol. The van der Waals surface area contributed by atoms with Crippen molar-refractivity contribution in [3.05, 3.63) is 118 Å². The third-order valence-corrected chi connectivity index (χ3v) is 8.61. The summed E-state index contributed by atoms with van der Waals surface area (Å²) in [5.41, 5.74) is 8.10. The van der Waals surface area contributed by atoms with Crippen LogP contribution in [-0.4, -0.2) is 32.0 Å². The van der Waals surface area contributed by atoms with Crippen molar-refractivity contribution >= 4 is 11.6 Å². The van der Waals surface area contributed by atoms with Crippen molar-refractivity contribution in [3.8, 4) is 0 Å². The van der Waals surface area contributed by atoms with Crippen LogP contribution in [0, 0.1) is 0 Å². The lowest BCUT2D eigenvalue weighted by molar-refractivity contribution is -0.118. The number of Topliss-reactive ketones (excluding diaryl/α,β-unsaturated/α-hetero) is 2. The molecule has 0 radical (unpaired) electrons. The molecular weight excluding hydrogens is 544 g/mol. The maximum atomic E-state index is 12.7. The molecule has 6 nitrogen and oxygen atoms in total. The number of nitrogens with zero attached hydrogens (tertiary/aromatic N) is 4. The van der Waals surface area contributed by atoms with E-state index in [9.17, 15) is 9.59 Å². The molecule has 1 aliphatic rings. The van der Waals surface area contributed by atoms with Gasteiger partial charge in [-0.1, -0.05) is 81.6 Å². The zero-order chi connectivity index (χ0) is 30.7. The molecule has 0 aliphatic heterocycles. The smallest absolute Gasteiger partial charge is 0.143 e. The van der Waals surface area contributed by atoms with Crippen molar-refractivity contribution in [2.24, 2.45) is 0 Å². The van der Waals surface area contributed by atoms with Crippen molar-refractivity contribution in [3.63, 3.8) is 0 Å². The molecule has 0 amide bonds. The SMILES string of the molecule is CCCc1cccc(CC(=O)Cc2ccc([C@H]3CCC[C@H](c4ccc(CC(=O)Cc5cccc(CCC)c5)nn4)C3)nn2)c1. The van der Waals surface area contributed by atoms with Gasteiger partial charge in [0.05, 0.1) is 35.6 Å². The minimum Gasteiger partial charge on any atom is -0.299 e. The number of ketones is 2. The van der Waals surface area contributed by atoms with Gasteiger partial charge in [-0.2, -0.15) is 20.4 Å². The Morgan fingerprint density at radius 3 is 1.45 bits per heavy atom. The Balaban J connectivity index is 1.12. The zero-order valence-corrected chi connectivity index (χ0v) is 26.2. The second-order valence-electron chi connectivity index (χ2n) is 12.4. The third-order valence-electron chi connectivity index (χ3n) is 8.61. The number of benzene rings is 2. The van der Waals surface area contributed by atoms with Gasteiger partial charge < -0.3 is 0 Å². The Morgan fingerprint density at radius 1 is 0.591 bits per heavy atom. The minimum atomic E-state index is 0.156. The van der Waals surface area contributed by atoms with Crippen LogP contribution in [0.15, 0.2) is 72.8 Å². The van der Waals surface area contributed by atoms with Gasteiger partial charge in [0.25, 0.3) is 0 Å². The van der Waals surface area contributed by atoms with Gasteiger partial charge in [0.15, 0.2) is 0 Å². The van der Waals surface area contributed by atoms with Crippen molar-refractivity contribution < 1.29 is 9.59 Å². The van der Waals surface area contributed by atoms with E-state index in [-0.39, 0.29) is 11.6 Å². The first-order valence-electron chi connectivity index (χ1n) is 16.3. The fourth-order valence-electron chi connectivity index (χ4n) is 6.44. The van der Waals surface area contributed by atoms with Gasteiger partial charge in [0.1, 0.15) is 11.6 Å². The Labute approximate surface area is 261 Å². The van der Waals surface area contributed by atoms with Gasteiger partial charge in [-0.3, -0.25) is 9.59 Å². The summed E-state index contributed by atoms with van der Waals surface area (Å²) >= 11 is 0. The number of carbonyl (C=O) groups excluding carboxylic acids is 2. The Kier molecular flexibility index (Phi) is 11.1. The fraction of sp³-hybridized carbons (Fsp3) is 0.421. The molecule has 0 N–H and O–H groups in total. The van der Waals surface area contributed by atoms with Crippen LogP contribution in [0.1, 0.15) is 109 Å². The van der Waals surface area contributed by atoms with Gasteiger partial charge in [0, 0.05) is 24.7 Å². The molecule has 2 heterocycles. The Hall–Kier alpha value is -4.06. The highest BCUT2D eigenvalue weighted by Crippen LogP contribution is 2.39. The first kappa shape index (κ1) is 31.4. The van der Waals surface area contributed by atoms with Crippen LogP contribution >= 0.6 is 0 Å². The van der Waals surface area contributed by atoms with E-state index in [1.54, 1.807) is 0 Å². The molecule has 0 bridgehead atoms. The highest BCUT2D eigenvalue weighted by molar-refractivity contribution is 5.83. The summed E-state index contributed by atoms with van der Waals surface area (Å²) < 4.78 is 0. The number of aryl methyl sites for hydroxylation is 2. The van der Waals surface area contributed by atoms with Crippen LogP contribution in [-0.2, 0) is 48.1 Å². The normalized spacial score (nSPS) is 16.5. The summed E-state index contributed by atoms with van der Waals surface area (Å²) in [4.78, 5) is 25.5. The molecule has 2 aromatic carbocycles. The molecule has 2 aromatic heterocycles. The Bertz CT molecular complexity index is 1420. The van der Waals surface area contributed by atoms with Crippen molar-refractivity contribution in [1.82, 2.24) is 20.4 Å². The number of rotatable bonds is 14. The van der Waals surface area contributed by atoms with Crippen LogP contribution in [0.25, 0.3) is 0 Å². The molecule has 0 unspecified atom stereocenters. The summed E-state index contributed by atoms with van der Waals surface area (Å²) in [5.74, 6) is 0.921. The Morgan fingerprint density at radius 2 is 1.05 bits per heavy atom. The topological polar surface area (TPSA) is 85.7 Å². The molecule has 0 saturated heterocycles. The average molecular weight is 589 g/mol. The van der Waals surface area contributed by atoms with E-state index >= 15 is 0 Å². The second kappa shape index (κ2) is 15.6. The largest absolute Gasteiger partial charge is 0.299 e. The predicted octanol–water partition coefficient (Wildman–Crippen LogP) is 7.32. The van der Waals surface area contributed by atoms with E-state index in [2.05, 4.69) is 58.5 Å². The monoisotopic (exact) mass is 588 g/mol. The minimum absolute atomic E-state index is 0.156. The summed E-state index contributed by atoms with van der Waals surface area (Å²) in [6.07, 6.45) is 9.87. The number of carbonyl (C=O) groups is 2. The lowest BCUT2D eigenvalue weighted by Crippen LogP contribution is -2.17. The maximum absolute atomic E-state index is 12.7. The second-order valence-corrected chi connectivity index (χ2v) is 12.4. The van der Waals surface area contributed by atoms with Crippen molar-refractivity contribution in [2.45, 2.75) is 103 Å². The number of hydrogen-bond acceptors (Lipinski definition) is 6. The van der Waals surface area contributed by atoms with Crippen LogP contribution in [0.3, 0.4) is 0 Å². The van der Waals surface area contributed by atoms with Crippen molar-refractivity contribution in [2.75, 3.05) is 0 Å². The van der Waals surface area contributed by atoms with E-state index < -0.39 is 0 Å². The molecule has 2 atom stereocenters. The van der Waals surface area contributed by atoms with Gasteiger partial charge in [-0.05, 0) is 78.6 Å². The highest BCUT2D eigenvalue weighted by atomic mass is 16.1. The molecule has 1 fully saturated rings. The van der Waals surface area contributed by atoms with Crippen LogP contribution in [0.5, 0.6) is 0 Å². The number of aromatic nitrogens is 4. The first-order valence-corrected chi connectivity index (χ1v) is 16.3.